The topological polar surface area (TPSA) is 0 Å². The van der Waals surface area contributed by atoms with Crippen molar-refractivity contribution in [1.29, 1.82) is 0 Å². The summed E-state index contributed by atoms with van der Waals surface area (Å²) < 4.78 is 0. The zero-order valence-corrected chi connectivity index (χ0v) is 21.4. The van der Waals surface area contributed by atoms with Crippen molar-refractivity contribution >= 4 is 17.2 Å². The van der Waals surface area contributed by atoms with E-state index in [9.17, 15) is 0 Å². The van der Waals surface area contributed by atoms with Crippen molar-refractivity contribution in [1.82, 2.24) is 0 Å². The summed E-state index contributed by atoms with van der Waals surface area (Å²) in [6.07, 6.45) is 6.41. The summed E-state index contributed by atoms with van der Waals surface area (Å²) in [6.45, 7) is 18.5. The Morgan fingerprint density at radius 3 is 2.15 bits per heavy atom. The summed E-state index contributed by atoms with van der Waals surface area (Å²) >= 11 is 0. The second-order valence-electron chi connectivity index (χ2n) is 12.0. The monoisotopic (exact) mass is 431 g/mol. The number of allylic oxidation sites excluding steroid dienone is 2. The van der Waals surface area contributed by atoms with E-state index in [1.54, 1.807) is 0 Å². The van der Waals surface area contributed by atoms with Gasteiger partial charge in [-0.3, -0.25) is 0 Å². The van der Waals surface area contributed by atoms with Gasteiger partial charge in [-0.25, -0.2) is 0 Å². The van der Waals surface area contributed by atoms with Gasteiger partial charge in [0.1, 0.15) is 0 Å². The predicted molar refractivity (Wildman–Crippen MR) is 141 cm³/mol. The lowest BCUT2D eigenvalue weighted by Gasteiger charge is -2.24. The van der Waals surface area contributed by atoms with Gasteiger partial charge in [-0.05, 0) is 85.0 Å². The zero-order valence-electron chi connectivity index (χ0n) is 21.4. The number of hydrogen-bond donors (Lipinski definition) is 0. The van der Waals surface area contributed by atoms with E-state index in [0.29, 0.717) is 0 Å². The van der Waals surface area contributed by atoms with E-state index < -0.39 is 0 Å². The normalized spacial score (nSPS) is 16.6. The number of rotatable bonds is 1. The maximum Gasteiger partial charge on any atom is 0.0293 e. The van der Waals surface area contributed by atoms with Gasteiger partial charge < -0.3 is 0 Å². The molecule has 33 heavy (non-hydrogen) atoms. The average Bonchev–Trinajstić information content (AvgIpc) is 3.30. The van der Waals surface area contributed by atoms with Crippen molar-refractivity contribution in [2.24, 2.45) is 5.41 Å². The van der Waals surface area contributed by atoms with Gasteiger partial charge in [-0.15, -0.1) is 0 Å². The molecule has 0 N–H and O–H groups in total. The molecule has 0 heterocycles. The molecule has 1 atom stereocenters. The van der Waals surface area contributed by atoms with Crippen LogP contribution >= 0.6 is 0 Å². The molecule has 1 radical (unpaired) electrons. The standard InChI is InChI=1S/C33H35/c1-20(2)25-18-29(33(6,7)8)31-22-14-10-9-13-21(22)17-27(31)30(25)26-19-28(32(3,4)5)24-16-12-11-15-23(24)26/h9-16,18-19,26H,1-8H3. The number of fused-ring (bicyclic) bond motifs is 3. The van der Waals surface area contributed by atoms with Gasteiger partial charge >= 0.3 is 0 Å². The summed E-state index contributed by atoms with van der Waals surface area (Å²) in [4.78, 5) is 0. The van der Waals surface area contributed by atoms with Crippen molar-refractivity contribution in [3.63, 3.8) is 0 Å². The SMILES string of the molecule is CC(C)=c1cc(C(C)(C)C)c2c(c1C1C=C(C(C)(C)C)c3ccccc31)[C]=c1ccccc1=2. The second kappa shape index (κ2) is 7.32. The van der Waals surface area contributed by atoms with Crippen molar-refractivity contribution in [2.45, 2.75) is 66.7 Å². The molecular weight excluding hydrogens is 396 g/mol. The molecule has 3 aromatic rings. The van der Waals surface area contributed by atoms with Crippen molar-refractivity contribution in [3.8, 4) is 0 Å². The van der Waals surface area contributed by atoms with Crippen molar-refractivity contribution < 1.29 is 0 Å². The highest BCUT2D eigenvalue weighted by Gasteiger charge is 2.33. The Morgan fingerprint density at radius 2 is 1.48 bits per heavy atom. The molecule has 1 unspecified atom stereocenters. The van der Waals surface area contributed by atoms with Crippen LogP contribution in [0.15, 0.2) is 60.7 Å². The summed E-state index contributed by atoms with van der Waals surface area (Å²) in [5, 5.41) is 5.31. The van der Waals surface area contributed by atoms with E-state index in [0.717, 1.165) is 0 Å². The van der Waals surface area contributed by atoms with Crippen LogP contribution < -0.4 is 10.4 Å². The molecule has 0 saturated heterocycles. The molecule has 0 bridgehead atoms. The largest absolute Gasteiger partial charge is 0.0688 e. The molecule has 5 rings (SSSR count). The zero-order chi connectivity index (χ0) is 23.7. The average molecular weight is 432 g/mol. The lowest BCUT2D eigenvalue weighted by atomic mass is 9.79. The molecule has 0 aromatic heterocycles. The van der Waals surface area contributed by atoms with Crippen molar-refractivity contribution in [2.75, 3.05) is 0 Å². The highest BCUT2D eigenvalue weighted by molar-refractivity contribution is 5.81. The van der Waals surface area contributed by atoms with Gasteiger partial charge in [0.15, 0.2) is 0 Å². The fourth-order valence-corrected chi connectivity index (χ4v) is 5.63. The maximum absolute atomic E-state index is 3.87. The fraction of sp³-hybridized carbons (Fsp3) is 0.333. The Balaban J connectivity index is 1.98. The van der Waals surface area contributed by atoms with Gasteiger partial charge in [-0.2, -0.15) is 0 Å². The third-order valence-electron chi connectivity index (χ3n) is 7.21. The van der Waals surface area contributed by atoms with Gasteiger partial charge in [-0.1, -0.05) is 108 Å². The molecule has 0 aliphatic heterocycles. The van der Waals surface area contributed by atoms with Gasteiger partial charge in [0.2, 0.25) is 0 Å². The van der Waals surface area contributed by atoms with E-state index in [4.69, 9.17) is 0 Å². The maximum atomic E-state index is 3.87. The van der Waals surface area contributed by atoms with E-state index in [-0.39, 0.29) is 16.7 Å². The Hall–Kier alpha value is -2.86. The highest BCUT2D eigenvalue weighted by Crippen LogP contribution is 2.47. The molecule has 3 aromatic carbocycles. The number of hydrogen-bond acceptors (Lipinski definition) is 0. The van der Waals surface area contributed by atoms with E-state index in [1.807, 2.05) is 0 Å². The molecule has 0 spiro atoms. The highest BCUT2D eigenvalue weighted by atomic mass is 14.4. The van der Waals surface area contributed by atoms with Crippen LogP contribution in [-0.4, -0.2) is 0 Å². The van der Waals surface area contributed by atoms with Crippen LogP contribution in [0.2, 0.25) is 0 Å². The molecule has 0 amide bonds. The molecule has 2 aliphatic carbocycles. The van der Waals surface area contributed by atoms with Crippen LogP contribution in [0, 0.1) is 15.9 Å². The summed E-state index contributed by atoms with van der Waals surface area (Å²) in [5.41, 5.74) is 9.92. The van der Waals surface area contributed by atoms with Crippen LogP contribution in [0.3, 0.4) is 0 Å². The first-order valence-corrected chi connectivity index (χ1v) is 12.2. The molecule has 0 nitrogen and oxygen atoms in total. The minimum absolute atomic E-state index is 0.0476. The summed E-state index contributed by atoms with van der Waals surface area (Å²) in [6, 6.07) is 20.3. The lowest BCUT2D eigenvalue weighted by Crippen LogP contribution is -2.23. The van der Waals surface area contributed by atoms with Gasteiger partial charge in [0, 0.05) is 5.92 Å². The quantitative estimate of drug-likeness (QED) is 0.303. The molecule has 2 aliphatic rings. The van der Waals surface area contributed by atoms with E-state index >= 15 is 0 Å². The van der Waals surface area contributed by atoms with E-state index in [1.165, 1.54) is 59.8 Å². The summed E-state index contributed by atoms with van der Waals surface area (Å²) in [7, 11) is 0. The predicted octanol–water partition coefficient (Wildman–Crippen LogP) is 7.06. The van der Waals surface area contributed by atoms with Gasteiger partial charge in [0.05, 0.1) is 0 Å². The first kappa shape index (κ1) is 22.0. The number of benzene rings is 3. The minimum Gasteiger partial charge on any atom is -0.0688 e. The third-order valence-corrected chi connectivity index (χ3v) is 7.21. The van der Waals surface area contributed by atoms with Crippen LogP contribution in [0.1, 0.15) is 89.1 Å². The molecule has 0 fully saturated rings. The first-order valence-electron chi connectivity index (χ1n) is 12.2. The van der Waals surface area contributed by atoms with Crippen molar-refractivity contribution in [3.05, 3.63) is 109 Å². The Kier molecular flexibility index (Phi) is 4.87. The molecule has 167 valence electrons. The van der Waals surface area contributed by atoms with Gasteiger partial charge in [0.25, 0.3) is 0 Å². The van der Waals surface area contributed by atoms with Crippen LogP contribution in [0.25, 0.3) is 17.2 Å². The lowest BCUT2D eigenvalue weighted by molar-refractivity contribution is 0.567. The van der Waals surface area contributed by atoms with Crippen LogP contribution in [0.5, 0.6) is 0 Å². The third kappa shape index (κ3) is 3.43. The summed E-state index contributed by atoms with van der Waals surface area (Å²) in [5.74, 6) is 0.241. The minimum atomic E-state index is 0.0476. The molecule has 0 saturated carbocycles. The Labute approximate surface area is 198 Å². The second-order valence-corrected chi connectivity index (χ2v) is 12.0. The molecule has 0 heteroatoms. The Bertz CT molecular complexity index is 1530. The van der Waals surface area contributed by atoms with E-state index in [2.05, 4.69) is 122 Å². The molecular formula is C33H35. The fourth-order valence-electron chi connectivity index (χ4n) is 5.63. The first-order chi connectivity index (χ1) is 15.5. The van der Waals surface area contributed by atoms with Crippen LogP contribution in [0.4, 0.5) is 0 Å². The Morgan fingerprint density at radius 1 is 0.818 bits per heavy atom. The smallest absolute Gasteiger partial charge is 0.0293 e. The van der Waals surface area contributed by atoms with Crippen LogP contribution in [-0.2, 0) is 5.41 Å².